The summed E-state index contributed by atoms with van der Waals surface area (Å²) in [6.07, 6.45) is 0.809. The fourth-order valence-corrected chi connectivity index (χ4v) is 4.20. The molecule has 3 amide bonds. The lowest BCUT2D eigenvalue weighted by atomic mass is 9.79. The number of hydrogen-bond donors (Lipinski definition) is 0. The molecule has 3 aliphatic rings. The smallest absolute Gasteiger partial charge is 0.343 e. The molecule has 1 aromatic rings. The summed E-state index contributed by atoms with van der Waals surface area (Å²) < 4.78 is 0. The van der Waals surface area contributed by atoms with Crippen molar-refractivity contribution in [3.8, 4) is 0 Å². The van der Waals surface area contributed by atoms with Crippen LogP contribution in [0.3, 0.4) is 0 Å². The van der Waals surface area contributed by atoms with Gasteiger partial charge < -0.3 is 9.80 Å². The second kappa shape index (κ2) is 4.96. The van der Waals surface area contributed by atoms with Crippen LogP contribution in [0, 0.1) is 5.92 Å². The second-order valence-electron chi connectivity index (χ2n) is 6.90. The molecule has 0 saturated carbocycles. The van der Waals surface area contributed by atoms with Crippen molar-refractivity contribution >= 4 is 11.9 Å². The molecule has 0 aliphatic carbocycles. The van der Waals surface area contributed by atoms with Crippen LogP contribution in [0.25, 0.3) is 0 Å². The molecule has 2 bridgehead atoms. The number of piperidine rings is 1. The van der Waals surface area contributed by atoms with Gasteiger partial charge in [-0.25, -0.2) is 4.79 Å². The number of nitrogens with zero attached hydrogens (tertiary/aromatic N) is 3. The molecular weight excluding hydrogens is 294 g/mol. The van der Waals surface area contributed by atoms with E-state index in [1.165, 1.54) is 5.06 Å². The minimum Gasteiger partial charge on any atom is -0.343 e. The molecule has 3 fully saturated rings. The monoisotopic (exact) mass is 315 g/mol. The molecule has 6 heteroatoms. The number of carbonyl (C=O) groups excluding carboxylic acids is 2. The minimum atomic E-state index is -0.715. The van der Waals surface area contributed by atoms with Crippen LogP contribution in [0.4, 0.5) is 4.79 Å². The molecule has 1 aromatic carbocycles. The number of fused-ring (bicyclic) bond motifs is 4. The summed E-state index contributed by atoms with van der Waals surface area (Å²) in [5, 5.41) is 1.49. The number of benzene rings is 1. The van der Waals surface area contributed by atoms with Gasteiger partial charge in [0, 0.05) is 26.1 Å². The Balaban J connectivity index is 1.53. The summed E-state index contributed by atoms with van der Waals surface area (Å²) in [6, 6.07) is 9.65. The molecule has 122 valence electrons. The van der Waals surface area contributed by atoms with Crippen LogP contribution in [-0.2, 0) is 16.2 Å². The zero-order valence-corrected chi connectivity index (χ0v) is 13.4. The summed E-state index contributed by atoms with van der Waals surface area (Å²) in [5.74, 6) is 0.215. The van der Waals surface area contributed by atoms with Crippen molar-refractivity contribution < 1.29 is 14.4 Å². The van der Waals surface area contributed by atoms with Crippen LogP contribution in [-0.4, -0.2) is 58.5 Å². The molecule has 3 aliphatic heterocycles. The predicted molar refractivity (Wildman–Crippen MR) is 83.1 cm³/mol. The van der Waals surface area contributed by atoms with Gasteiger partial charge in [0.2, 0.25) is 5.91 Å². The lowest BCUT2D eigenvalue weighted by Crippen LogP contribution is -2.58. The summed E-state index contributed by atoms with van der Waals surface area (Å²) in [6.45, 7) is 3.55. The van der Waals surface area contributed by atoms with E-state index in [9.17, 15) is 9.59 Å². The first-order valence-corrected chi connectivity index (χ1v) is 8.05. The number of hydroxylamine groups is 2. The quantitative estimate of drug-likeness (QED) is 0.849. The topological polar surface area (TPSA) is 53.1 Å². The Morgan fingerprint density at radius 2 is 1.96 bits per heavy atom. The van der Waals surface area contributed by atoms with Gasteiger partial charge in [-0.15, -0.1) is 0 Å². The molecule has 0 spiro atoms. The van der Waals surface area contributed by atoms with Crippen molar-refractivity contribution in [2.24, 2.45) is 5.92 Å². The van der Waals surface area contributed by atoms with Crippen molar-refractivity contribution in [3.05, 3.63) is 35.9 Å². The van der Waals surface area contributed by atoms with Crippen LogP contribution in [0.1, 0.15) is 18.9 Å². The fraction of sp³-hybridized carbons (Fsp3) is 0.529. The number of hydrogen-bond acceptors (Lipinski definition) is 3. The normalized spacial score (nSPS) is 32.7. The van der Waals surface area contributed by atoms with E-state index in [0.717, 1.165) is 12.0 Å². The molecule has 0 radical (unpaired) electrons. The van der Waals surface area contributed by atoms with Crippen LogP contribution in [0.15, 0.2) is 30.3 Å². The van der Waals surface area contributed by atoms with Gasteiger partial charge >= 0.3 is 6.03 Å². The number of urea groups is 1. The predicted octanol–water partition coefficient (Wildman–Crippen LogP) is 1.47. The minimum absolute atomic E-state index is 0.0311. The lowest BCUT2D eigenvalue weighted by Gasteiger charge is -2.39. The Morgan fingerprint density at radius 1 is 1.22 bits per heavy atom. The van der Waals surface area contributed by atoms with Gasteiger partial charge in [0.15, 0.2) is 0 Å². The number of carbonyl (C=O) groups is 2. The van der Waals surface area contributed by atoms with Crippen LogP contribution < -0.4 is 0 Å². The molecule has 0 unspecified atom stereocenters. The zero-order valence-electron chi connectivity index (χ0n) is 13.4. The summed E-state index contributed by atoms with van der Waals surface area (Å²) in [4.78, 5) is 34.6. The number of amides is 3. The van der Waals surface area contributed by atoms with Gasteiger partial charge in [0.1, 0.15) is 12.1 Å². The van der Waals surface area contributed by atoms with E-state index in [2.05, 4.69) is 0 Å². The molecule has 0 N–H and O–H groups in total. The maximum atomic E-state index is 12.8. The lowest BCUT2D eigenvalue weighted by molar-refractivity contribution is -0.142. The molecule has 3 saturated heterocycles. The highest BCUT2D eigenvalue weighted by atomic mass is 16.7. The Hall–Kier alpha value is -2.08. The van der Waals surface area contributed by atoms with Gasteiger partial charge in [0.05, 0.1) is 6.04 Å². The van der Waals surface area contributed by atoms with E-state index in [-0.39, 0.29) is 23.9 Å². The molecule has 6 nitrogen and oxygen atoms in total. The SMILES string of the molecule is CN1C[C@@H]2C[C@@H]3CN(C(=O)N3OCc3ccccc3)[C@]2(C)C1=O. The third-order valence-corrected chi connectivity index (χ3v) is 5.54. The van der Waals surface area contributed by atoms with E-state index in [1.54, 1.807) is 9.80 Å². The number of likely N-dealkylation sites (tertiary alicyclic amines) is 1. The largest absolute Gasteiger partial charge is 0.345 e. The highest BCUT2D eigenvalue weighted by molar-refractivity contribution is 5.94. The van der Waals surface area contributed by atoms with Gasteiger partial charge in [-0.3, -0.25) is 9.63 Å². The van der Waals surface area contributed by atoms with Crippen LogP contribution in [0.2, 0.25) is 0 Å². The van der Waals surface area contributed by atoms with E-state index in [4.69, 9.17) is 4.84 Å². The second-order valence-corrected chi connectivity index (χ2v) is 6.90. The molecule has 23 heavy (non-hydrogen) atoms. The maximum Gasteiger partial charge on any atom is 0.345 e. The Bertz CT molecular complexity index is 650. The molecule has 3 atom stereocenters. The third kappa shape index (κ3) is 1.97. The van der Waals surface area contributed by atoms with Gasteiger partial charge in [-0.2, -0.15) is 5.06 Å². The van der Waals surface area contributed by atoms with Crippen molar-refractivity contribution in [2.75, 3.05) is 20.1 Å². The fourth-order valence-electron chi connectivity index (χ4n) is 4.20. The number of rotatable bonds is 3. The third-order valence-electron chi connectivity index (χ3n) is 5.54. The first kappa shape index (κ1) is 14.5. The Labute approximate surface area is 135 Å². The van der Waals surface area contributed by atoms with Crippen molar-refractivity contribution in [1.82, 2.24) is 14.9 Å². The highest BCUT2D eigenvalue weighted by Crippen LogP contribution is 2.45. The van der Waals surface area contributed by atoms with Gasteiger partial charge in [0.25, 0.3) is 0 Å². The summed E-state index contributed by atoms with van der Waals surface area (Å²) >= 11 is 0. The van der Waals surface area contributed by atoms with E-state index in [0.29, 0.717) is 19.7 Å². The van der Waals surface area contributed by atoms with Gasteiger partial charge in [-0.05, 0) is 18.9 Å². The highest BCUT2D eigenvalue weighted by Gasteiger charge is 2.63. The molecule has 0 aromatic heterocycles. The molecule has 4 rings (SSSR count). The van der Waals surface area contributed by atoms with Crippen LogP contribution >= 0.6 is 0 Å². The van der Waals surface area contributed by atoms with E-state index in [1.807, 2.05) is 44.3 Å². The standard InChI is InChI=1S/C17H21N3O3/c1-17-13(9-18(2)15(17)21)8-14-10-19(17)16(22)20(14)23-11-12-6-4-3-5-7-12/h3-7,13-14H,8-11H2,1-2H3/t13-,14+,17-/m0/s1. The molecule has 3 heterocycles. The summed E-state index contributed by atoms with van der Waals surface area (Å²) in [5.41, 5.74) is 0.312. The number of likely N-dealkylation sites (N-methyl/N-ethyl adjacent to an activating group) is 1. The van der Waals surface area contributed by atoms with Crippen molar-refractivity contribution in [2.45, 2.75) is 31.5 Å². The maximum absolute atomic E-state index is 12.8. The van der Waals surface area contributed by atoms with Gasteiger partial charge in [-0.1, -0.05) is 30.3 Å². The van der Waals surface area contributed by atoms with Crippen LogP contribution in [0.5, 0.6) is 0 Å². The Kier molecular flexibility index (Phi) is 3.13. The van der Waals surface area contributed by atoms with Crippen molar-refractivity contribution in [3.63, 3.8) is 0 Å². The first-order chi connectivity index (χ1) is 11.0. The molecular formula is C17H21N3O3. The Morgan fingerprint density at radius 3 is 2.70 bits per heavy atom. The average Bonchev–Trinajstić information content (AvgIpc) is 2.96. The van der Waals surface area contributed by atoms with Crippen molar-refractivity contribution in [1.29, 1.82) is 0 Å². The zero-order chi connectivity index (χ0) is 16.2. The van der Waals surface area contributed by atoms with E-state index < -0.39 is 5.54 Å². The van der Waals surface area contributed by atoms with E-state index >= 15 is 0 Å². The average molecular weight is 315 g/mol. The first-order valence-electron chi connectivity index (χ1n) is 8.05. The summed E-state index contributed by atoms with van der Waals surface area (Å²) in [7, 11) is 1.81.